The van der Waals surface area contributed by atoms with Crippen LogP contribution in [0.2, 0.25) is 0 Å². The second-order valence-corrected chi connectivity index (χ2v) is 8.30. The van der Waals surface area contributed by atoms with Crippen LogP contribution < -0.4 is 10.1 Å². The van der Waals surface area contributed by atoms with E-state index in [0.29, 0.717) is 19.6 Å². The van der Waals surface area contributed by atoms with E-state index in [-0.39, 0.29) is 12.1 Å². The van der Waals surface area contributed by atoms with E-state index < -0.39 is 0 Å². The molecule has 1 unspecified atom stereocenters. The Balaban J connectivity index is 1.60. The number of esters is 1. The molecule has 0 aliphatic heterocycles. The van der Waals surface area contributed by atoms with Crippen molar-refractivity contribution in [2.75, 3.05) is 5.32 Å². The smallest absolute Gasteiger partial charge is 0.306 e. The summed E-state index contributed by atoms with van der Waals surface area (Å²) in [6.07, 6.45) is 0.989. The van der Waals surface area contributed by atoms with Crippen molar-refractivity contribution in [1.82, 2.24) is 0 Å². The van der Waals surface area contributed by atoms with Crippen LogP contribution in [-0.2, 0) is 22.7 Å². The van der Waals surface area contributed by atoms with Gasteiger partial charge in [0.25, 0.3) is 0 Å². The molecule has 0 fully saturated rings. The fraction of sp³-hybridized carbons (Fsp3) is 0.269. The first kappa shape index (κ1) is 22.9. The molecule has 31 heavy (non-hydrogen) atoms. The van der Waals surface area contributed by atoms with Gasteiger partial charge in [-0.1, -0.05) is 65.3 Å². The standard InChI is InChI=1S/C26H28BrNO3/c1-3-7-26(29)31-19(2)21-10-13-24(14-11-21)28-17-22-16-23(27)12-15-25(22)30-18-20-8-5-4-6-9-20/h4-6,8-16,19,28H,3,7,17-18H2,1-2H3. The van der Waals surface area contributed by atoms with E-state index >= 15 is 0 Å². The molecule has 0 radical (unpaired) electrons. The van der Waals surface area contributed by atoms with Crippen LogP contribution in [0.3, 0.4) is 0 Å². The van der Waals surface area contributed by atoms with E-state index in [1.165, 1.54) is 0 Å². The molecule has 162 valence electrons. The molecular formula is C26H28BrNO3. The maximum atomic E-state index is 11.7. The van der Waals surface area contributed by atoms with Gasteiger partial charge in [-0.3, -0.25) is 4.79 Å². The van der Waals surface area contributed by atoms with Gasteiger partial charge in [-0.25, -0.2) is 0 Å². The van der Waals surface area contributed by atoms with Crippen molar-refractivity contribution >= 4 is 27.6 Å². The Hall–Kier alpha value is -2.79. The monoisotopic (exact) mass is 481 g/mol. The van der Waals surface area contributed by atoms with E-state index in [1.807, 2.05) is 68.4 Å². The van der Waals surface area contributed by atoms with Gasteiger partial charge in [0.1, 0.15) is 18.5 Å². The second kappa shape index (κ2) is 11.6. The quantitative estimate of drug-likeness (QED) is 0.315. The molecule has 3 aromatic rings. The Morgan fingerprint density at radius 1 is 1.03 bits per heavy atom. The summed E-state index contributed by atoms with van der Waals surface area (Å²) >= 11 is 3.55. The zero-order valence-corrected chi connectivity index (χ0v) is 19.5. The molecule has 1 atom stereocenters. The number of nitrogens with one attached hydrogen (secondary N) is 1. The molecular weight excluding hydrogens is 454 g/mol. The Kier molecular flexibility index (Phi) is 8.53. The molecule has 0 heterocycles. The molecule has 0 saturated carbocycles. The fourth-order valence-electron chi connectivity index (χ4n) is 3.16. The Morgan fingerprint density at radius 2 is 1.77 bits per heavy atom. The van der Waals surface area contributed by atoms with Crippen LogP contribution in [0.25, 0.3) is 0 Å². The topological polar surface area (TPSA) is 47.6 Å². The van der Waals surface area contributed by atoms with Gasteiger partial charge in [-0.05, 0) is 54.8 Å². The summed E-state index contributed by atoms with van der Waals surface area (Å²) in [6, 6.07) is 24.1. The second-order valence-electron chi connectivity index (χ2n) is 7.38. The van der Waals surface area contributed by atoms with Gasteiger partial charge < -0.3 is 14.8 Å². The molecule has 0 aliphatic rings. The van der Waals surface area contributed by atoms with Crippen LogP contribution in [0.1, 0.15) is 49.5 Å². The van der Waals surface area contributed by atoms with Crippen LogP contribution >= 0.6 is 15.9 Å². The van der Waals surface area contributed by atoms with E-state index in [4.69, 9.17) is 9.47 Å². The van der Waals surface area contributed by atoms with Crippen molar-refractivity contribution in [2.45, 2.75) is 45.9 Å². The van der Waals surface area contributed by atoms with Crippen LogP contribution in [0.5, 0.6) is 5.75 Å². The minimum Gasteiger partial charge on any atom is -0.489 e. The lowest BCUT2D eigenvalue weighted by molar-refractivity contribution is -0.148. The first-order valence-corrected chi connectivity index (χ1v) is 11.3. The highest BCUT2D eigenvalue weighted by Gasteiger charge is 2.11. The van der Waals surface area contributed by atoms with Crippen LogP contribution in [0.15, 0.2) is 77.3 Å². The highest BCUT2D eigenvalue weighted by atomic mass is 79.9. The number of hydrogen-bond acceptors (Lipinski definition) is 4. The van der Waals surface area contributed by atoms with Crippen molar-refractivity contribution < 1.29 is 14.3 Å². The lowest BCUT2D eigenvalue weighted by atomic mass is 10.1. The molecule has 5 heteroatoms. The number of hydrogen-bond donors (Lipinski definition) is 1. The summed E-state index contributed by atoms with van der Waals surface area (Å²) in [5, 5.41) is 3.45. The lowest BCUT2D eigenvalue weighted by Gasteiger charge is -2.15. The number of ether oxygens (including phenoxy) is 2. The lowest BCUT2D eigenvalue weighted by Crippen LogP contribution is -2.08. The Morgan fingerprint density at radius 3 is 2.48 bits per heavy atom. The van der Waals surface area contributed by atoms with Gasteiger partial charge in [0, 0.05) is 28.7 Å². The molecule has 0 aromatic heterocycles. The molecule has 0 saturated heterocycles. The molecule has 0 amide bonds. The first-order chi connectivity index (χ1) is 15.0. The highest BCUT2D eigenvalue weighted by molar-refractivity contribution is 9.10. The number of anilines is 1. The number of benzene rings is 3. The zero-order chi connectivity index (χ0) is 22.1. The summed E-state index contributed by atoms with van der Waals surface area (Å²) in [5.41, 5.74) is 4.17. The largest absolute Gasteiger partial charge is 0.489 e. The summed E-state index contributed by atoms with van der Waals surface area (Å²) in [7, 11) is 0. The van der Waals surface area contributed by atoms with E-state index in [9.17, 15) is 4.79 Å². The van der Waals surface area contributed by atoms with Crippen LogP contribution in [0.4, 0.5) is 5.69 Å². The number of carbonyl (C=O) groups is 1. The van der Waals surface area contributed by atoms with Crippen molar-refractivity contribution in [3.05, 3.63) is 94.0 Å². The van der Waals surface area contributed by atoms with Gasteiger partial charge in [0.15, 0.2) is 0 Å². The Bertz CT molecular complexity index is 974. The number of halogens is 1. The molecule has 0 aliphatic carbocycles. The predicted molar refractivity (Wildman–Crippen MR) is 128 cm³/mol. The maximum absolute atomic E-state index is 11.7. The number of rotatable bonds is 10. The van der Waals surface area contributed by atoms with Gasteiger partial charge in [-0.15, -0.1) is 0 Å². The molecule has 3 rings (SSSR count). The average Bonchev–Trinajstić information content (AvgIpc) is 2.78. The normalized spacial score (nSPS) is 11.6. The van der Waals surface area contributed by atoms with Crippen LogP contribution in [-0.4, -0.2) is 5.97 Å². The van der Waals surface area contributed by atoms with Crippen molar-refractivity contribution in [2.24, 2.45) is 0 Å². The summed E-state index contributed by atoms with van der Waals surface area (Å²) in [6.45, 7) is 5.02. The SMILES string of the molecule is CCCC(=O)OC(C)c1ccc(NCc2cc(Br)ccc2OCc2ccccc2)cc1. The summed E-state index contributed by atoms with van der Waals surface area (Å²) in [4.78, 5) is 11.7. The van der Waals surface area contributed by atoms with Gasteiger partial charge in [0.2, 0.25) is 0 Å². The molecule has 0 spiro atoms. The molecule has 4 nitrogen and oxygen atoms in total. The molecule has 1 N–H and O–H groups in total. The van der Waals surface area contributed by atoms with Gasteiger partial charge in [0.05, 0.1) is 0 Å². The van der Waals surface area contributed by atoms with Gasteiger partial charge >= 0.3 is 5.97 Å². The third-order valence-electron chi connectivity index (χ3n) is 4.89. The zero-order valence-electron chi connectivity index (χ0n) is 17.9. The average molecular weight is 482 g/mol. The van der Waals surface area contributed by atoms with E-state index in [0.717, 1.165) is 39.0 Å². The maximum Gasteiger partial charge on any atom is 0.306 e. The summed E-state index contributed by atoms with van der Waals surface area (Å²) in [5.74, 6) is 0.697. The van der Waals surface area contributed by atoms with Crippen molar-refractivity contribution in [1.29, 1.82) is 0 Å². The fourth-order valence-corrected chi connectivity index (χ4v) is 3.57. The first-order valence-electron chi connectivity index (χ1n) is 10.5. The minimum absolute atomic E-state index is 0.158. The van der Waals surface area contributed by atoms with Crippen LogP contribution in [0, 0.1) is 0 Å². The number of carbonyl (C=O) groups excluding carboxylic acids is 1. The predicted octanol–water partition coefficient (Wildman–Crippen LogP) is 7.04. The third-order valence-corrected chi connectivity index (χ3v) is 5.38. The molecule has 0 bridgehead atoms. The third kappa shape index (κ3) is 7.14. The van der Waals surface area contributed by atoms with Crippen molar-refractivity contribution in [3.63, 3.8) is 0 Å². The van der Waals surface area contributed by atoms with Gasteiger partial charge in [-0.2, -0.15) is 0 Å². The molecule has 3 aromatic carbocycles. The summed E-state index contributed by atoms with van der Waals surface area (Å²) < 4.78 is 12.5. The highest BCUT2D eigenvalue weighted by Crippen LogP contribution is 2.26. The minimum atomic E-state index is -0.254. The van der Waals surface area contributed by atoms with E-state index in [1.54, 1.807) is 0 Å². The van der Waals surface area contributed by atoms with E-state index in [2.05, 4.69) is 39.4 Å². The Labute approximate surface area is 192 Å². The van der Waals surface area contributed by atoms with Crippen molar-refractivity contribution in [3.8, 4) is 5.75 Å².